The van der Waals surface area contributed by atoms with Gasteiger partial charge in [-0.2, -0.15) is 0 Å². The van der Waals surface area contributed by atoms with Crippen molar-refractivity contribution in [1.29, 1.82) is 0 Å². The summed E-state index contributed by atoms with van der Waals surface area (Å²) in [4.78, 5) is 31.6. The second-order valence-corrected chi connectivity index (χ2v) is 7.54. The van der Waals surface area contributed by atoms with Crippen LogP contribution in [0.5, 0.6) is 0 Å². The van der Waals surface area contributed by atoms with E-state index in [-0.39, 0.29) is 11.8 Å². The van der Waals surface area contributed by atoms with Gasteiger partial charge in [-0.15, -0.1) is 0 Å². The monoisotopic (exact) mass is 371 g/mol. The molecule has 2 amide bonds. The SMILES string of the molecule is O=C(Nc1cccc(N2CCCC2=O)c1)c1cc(C2CC2)nc2ccccc12. The van der Waals surface area contributed by atoms with Crippen LogP contribution in [0.25, 0.3) is 10.9 Å². The van der Waals surface area contributed by atoms with Crippen LogP contribution >= 0.6 is 0 Å². The van der Waals surface area contributed by atoms with Crippen molar-refractivity contribution < 1.29 is 9.59 Å². The molecule has 0 spiro atoms. The van der Waals surface area contributed by atoms with Gasteiger partial charge >= 0.3 is 0 Å². The highest BCUT2D eigenvalue weighted by atomic mass is 16.2. The van der Waals surface area contributed by atoms with Crippen LogP contribution in [0.3, 0.4) is 0 Å². The standard InChI is InChI=1S/C23H21N3O2/c27-22-9-4-12-26(22)17-6-3-5-16(13-17)24-23(28)19-14-21(15-10-11-15)25-20-8-2-1-7-18(19)20/h1-3,5-8,13-15H,4,9-12H2,(H,24,28). The number of nitrogens with zero attached hydrogens (tertiary/aromatic N) is 2. The zero-order chi connectivity index (χ0) is 19.1. The van der Waals surface area contributed by atoms with E-state index >= 15 is 0 Å². The summed E-state index contributed by atoms with van der Waals surface area (Å²) < 4.78 is 0. The number of pyridine rings is 1. The van der Waals surface area contributed by atoms with Gasteiger partial charge in [0.1, 0.15) is 0 Å². The van der Waals surface area contributed by atoms with Crippen molar-refractivity contribution in [3.05, 3.63) is 65.9 Å². The number of aromatic nitrogens is 1. The summed E-state index contributed by atoms with van der Waals surface area (Å²) in [7, 11) is 0. The van der Waals surface area contributed by atoms with E-state index in [0.29, 0.717) is 23.6 Å². The number of rotatable bonds is 4. The van der Waals surface area contributed by atoms with E-state index in [9.17, 15) is 9.59 Å². The van der Waals surface area contributed by atoms with Crippen molar-refractivity contribution in [3.8, 4) is 0 Å². The fourth-order valence-electron chi connectivity index (χ4n) is 3.84. The lowest BCUT2D eigenvalue weighted by molar-refractivity contribution is -0.117. The first-order valence-corrected chi connectivity index (χ1v) is 9.80. The Bertz CT molecular complexity index is 1090. The molecule has 0 bridgehead atoms. The molecule has 0 unspecified atom stereocenters. The predicted octanol–water partition coefficient (Wildman–Crippen LogP) is 4.49. The average molecular weight is 371 g/mol. The van der Waals surface area contributed by atoms with E-state index < -0.39 is 0 Å². The van der Waals surface area contributed by atoms with E-state index in [2.05, 4.69) is 5.32 Å². The summed E-state index contributed by atoms with van der Waals surface area (Å²) in [5.74, 6) is 0.462. The lowest BCUT2D eigenvalue weighted by atomic mass is 10.1. The molecule has 5 heteroatoms. The summed E-state index contributed by atoms with van der Waals surface area (Å²) >= 11 is 0. The highest BCUT2D eigenvalue weighted by Crippen LogP contribution is 2.40. The Morgan fingerprint density at radius 2 is 1.93 bits per heavy atom. The molecule has 28 heavy (non-hydrogen) atoms. The van der Waals surface area contributed by atoms with Crippen LogP contribution in [0.15, 0.2) is 54.6 Å². The summed E-state index contributed by atoms with van der Waals surface area (Å²) in [6.07, 6.45) is 3.74. The zero-order valence-electron chi connectivity index (χ0n) is 15.5. The van der Waals surface area contributed by atoms with Gasteiger partial charge in [0.25, 0.3) is 5.91 Å². The normalized spacial score (nSPS) is 16.6. The minimum atomic E-state index is -0.148. The molecule has 2 aliphatic rings. The van der Waals surface area contributed by atoms with Crippen molar-refractivity contribution in [1.82, 2.24) is 4.98 Å². The van der Waals surface area contributed by atoms with Gasteiger partial charge < -0.3 is 10.2 Å². The van der Waals surface area contributed by atoms with Crippen LogP contribution in [0.2, 0.25) is 0 Å². The molecule has 1 saturated heterocycles. The first kappa shape index (κ1) is 16.9. The molecule has 140 valence electrons. The molecule has 1 aliphatic carbocycles. The Morgan fingerprint density at radius 1 is 1.07 bits per heavy atom. The van der Waals surface area contributed by atoms with Crippen LogP contribution in [-0.2, 0) is 4.79 Å². The lowest BCUT2D eigenvalue weighted by Gasteiger charge is -2.17. The van der Waals surface area contributed by atoms with E-state index in [1.807, 2.05) is 54.6 Å². The summed E-state index contributed by atoms with van der Waals surface area (Å²) in [6, 6.07) is 17.2. The van der Waals surface area contributed by atoms with Crippen LogP contribution in [-0.4, -0.2) is 23.3 Å². The maximum atomic E-state index is 13.1. The number of benzene rings is 2. The van der Waals surface area contributed by atoms with Gasteiger partial charge in [-0.25, -0.2) is 0 Å². The molecule has 1 aromatic heterocycles. The van der Waals surface area contributed by atoms with Gasteiger partial charge in [0.05, 0.1) is 11.1 Å². The molecule has 0 radical (unpaired) electrons. The fourth-order valence-corrected chi connectivity index (χ4v) is 3.84. The third kappa shape index (κ3) is 3.13. The molecule has 1 N–H and O–H groups in total. The van der Waals surface area contributed by atoms with Gasteiger partial charge in [-0.05, 0) is 49.6 Å². The Labute approximate surface area is 163 Å². The lowest BCUT2D eigenvalue weighted by Crippen LogP contribution is -2.23. The summed E-state index contributed by atoms with van der Waals surface area (Å²) in [5.41, 5.74) is 4.03. The van der Waals surface area contributed by atoms with Crippen LogP contribution in [0.4, 0.5) is 11.4 Å². The average Bonchev–Trinajstić information content (AvgIpc) is 3.48. The minimum Gasteiger partial charge on any atom is -0.322 e. The van der Waals surface area contributed by atoms with Gasteiger partial charge in [0.15, 0.2) is 0 Å². The molecule has 5 rings (SSSR count). The van der Waals surface area contributed by atoms with E-state index in [0.717, 1.165) is 48.1 Å². The van der Waals surface area contributed by atoms with Gasteiger partial charge in [-0.3, -0.25) is 14.6 Å². The number of para-hydroxylation sites is 1. The van der Waals surface area contributed by atoms with Crippen LogP contribution in [0, 0.1) is 0 Å². The van der Waals surface area contributed by atoms with Crippen molar-refractivity contribution in [2.75, 3.05) is 16.8 Å². The summed E-state index contributed by atoms with van der Waals surface area (Å²) in [5, 5.41) is 3.87. The number of carbonyl (C=O) groups excluding carboxylic acids is 2. The molecule has 0 atom stereocenters. The van der Waals surface area contributed by atoms with Crippen molar-refractivity contribution in [2.24, 2.45) is 0 Å². The van der Waals surface area contributed by atoms with Gasteiger partial charge in [0, 0.05) is 41.3 Å². The summed E-state index contributed by atoms with van der Waals surface area (Å²) in [6.45, 7) is 0.732. The zero-order valence-corrected chi connectivity index (χ0v) is 15.5. The van der Waals surface area contributed by atoms with Crippen LogP contribution in [0.1, 0.15) is 47.7 Å². The molecule has 3 aromatic rings. The Hall–Kier alpha value is -3.21. The van der Waals surface area contributed by atoms with Crippen molar-refractivity contribution in [3.63, 3.8) is 0 Å². The molecular formula is C23H21N3O2. The largest absolute Gasteiger partial charge is 0.322 e. The highest BCUT2D eigenvalue weighted by molar-refractivity contribution is 6.12. The minimum absolute atomic E-state index is 0.137. The first-order chi connectivity index (χ1) is 13.7. The Morgan fingerprint density at radius 3 is 2.71 bits per heavy atom. The topological polar surface area (TPSA) is 62.3 Å². The maximum Gasteiger partial charge on any atom is 0.256 e. The fraction of sp³-hybridized carbons (Fsp3) is 0.261. The third-order valence-corrected chi connectivity index (χ3v) is 5.47. The number of nitrogens with one attached hydrogen (secondary N) is 1. The molecule has 2 heterocycles. The van der Waals surface area contributed by atoms with E-state index in [4.69, 9.17) is 4.98 Å². The number of fused-ring (bicyclic) bond motifs is 1. The number of carbonyl (C=O) groups is 2. The Kier molecular flexibility index (Phi) is 4.08. The van der Waals surface area contributed by atoms with E-state index in [1.54, 1.807) is 4.90 Å². The Balaban J connectivity index is 1.47. The molecule has 2 aromatic carbocycles. The van der Waals surface area contributed by atoms with Gasteiger partial charge in [0.2, 0.25) is 5.91 Å². The number of amides is 2. The van der Waals surface area contributed by atoms with Crippen molar-refractivity contribution in [2.45, 2.75) is 31.6 Å². The second-order valence-electron chi connectivity index (χ2n) is 7.54. The van der Waals surface area contributed by atoms with E-state index in [1.165, 1.54) is 0 Å². The third-order valence-electron chi connectivity index (χ3n) is 5.47. The molecule has 5 nitrogen and oxygen atoms in total. The predicted molar refractivity (Wildman–Crippen MR) is 110 cm³/mol. The number of hydrogen-bond acceptors (Lipinski definition) is 3. The second kappa shape index (κ2) is 6.75. The van der Waals surface area contributed by atoms with Gasteiger partial charge in [-0.1, -0.05) is 24.3 Å². The molecule has 2 fully saturated rings. The molecule has 1 aliphatic heterocycles. The molecular weight excluding hydrogens is 350 g/mol. The highest BCUT2D eigenvalue weighted by Gasteiger charge is 2.27. The number of hydrogen-bond donors (Lipinski definition) is 1. The van der Waals surface area contributed by atoms with Crippen molar-refractivity contribution >= 4 is 34.1 Å². The maximum absolute atomic E-state index is 13.1. The number of anilines is 2. The first-order valence-electron chi connectivity index (χ1n) is 9.80. The smallest absolute Gasteiger partial charge is 0.256 e. The molecule has 1 saturated carbocycles. The van der Waals surface area contributed by atoms with Crippen LogP contribution < -0.4 is 10.2 Å². The quantitative estimate of drug-likeness (QED) is 0.735.